The molecule has 6 atom stereocenters. The van der Waals surface area contributed by atoms with Crippen molar-refractivity contribution in [2.45, 2.75) is 68.5 Å². The van der Waals surface area contributed by atoms with Crippen LogP contribution in [0, 0.1) is 30.2 Å². The molecule has 0 bridgehead atoms. The molecule has 7 aliphatic heterocycles. The third-order valence-corrected chi connectivity index (χ3v) is 23.1. The topological polar surface area (TPSA) is 193 Å². The Labute approximate surface area is 621 Å². The molecule has 0 saturated carbocycles. The van der Waals surface area contributed by atoms with Gasteiger partial charge in [0.05, 0.1) is 52.4 Å². The van der Waals surface area contributed by atoms with Gasteiger partial charge in [-0.25, -0.2) is 42.5 Å². The molecule has 7 saturated heterocycles. The minimum absolute atomic E-state index is 0.0539. The monoisotopic (exact) mass is 1470 g/mol. The minimum Gasteiger partial charge on any atom is -0.349 e. The van der Waals surface area contributed by atoms with E-state index in [4.69, 9.17) is 33.2 Å². The number of fused-ring (bicyclic) bond motifs is 9. The van der Waals surface area contributed by atoms with E-state index < -0.39 is 17.5 Å². The summed E-state index contributed by atoms with van der Waals surface area (Å²) in [5.41, 5.74) is 3.38. The van der Waals surface area contributed by atoms with E-state index in [1.165, 1.54) is 36.9 Å². The Kier molecular flexibility index (Phi) is 17.5. The van der Waals surface area contributed by atoms with E-state index in [1.54, 1.807) is 49.8 Å². The molecule has 0 spiro atoms. The summed E-state index contributed by atoms with van der Waals surface area (Å²) in [6.07, 6.45) is 14.2. The lowest BCUT2D eigenvalue weighted by Crippen LogP contribution is -2.63. The highest BCUT2D eigenvalue weighted by atomic mass is 35.5. The van der Waals surface area contributed by atoms with Crippen molar-refractivity contribution < 1.29 is 31.9 Å². The maximum absolute atomic E-state index is 16.5. The quantitative estimate of drug-likeness (QED) is 0.0876. The van der Waals surface area contributed by atoms with Crippen LogP contribution in [0.5, 0.6) is 0 Å². The fourth-order valence-corrected chi connectivity index (χ4v) is 17.4. The fourth-order valence-electron chi connectivity index (χ4n) is 16.8. The maximum atomic E-state index is 16.5. The zero-order chi connectivity index (χ0) is 74.0. The molecule has 6 aromatic carbocycles. The van der Waals surface area contributed by atoms with Gasteiger partial charge in [0.1, 0.15) is 69.6 Å². The number of anilines is 4. The van der Waals surface area contributed by atoms with Crippen molar-refractivity contribution in [1.82, 2.24) is 64.5 Å². The molecule has 7 aliphatic rings. The van der Waals surface area contributed by atoms with Gasteiger partial charge in [-0.15, -0.1) is 0 Å². The van der Waals surface area contributed by atoms with Crippen molar-refractivity contribution >= 4 is 129 Å². The predicted molar refractivity (Wildman–Crippen MR) is 409 cm³/mol. The van der Waals surface area contributed by atoms with Crippen LogP contribution in [0.15, 0.2) is 172 Å². The summed E-state index contributed by atoms with van der Waals surface area (Å²) in [6.45, 7) is 17.9. The van der Waals surface area contributed by atoms with Crippen LogP contribution in [-0.4, -0.2) is 191 Å². The molecule has 0 radical (unpaired) electrons. The number of hydrogen-bond donors (Lipinski definition) is 0. The van der Waals surface area contributed by atoms with Gasteiger partial charge in [-0.05, 0) is 104 Å². The van der Waals surface area contributed by atoms with Crippen LogP contribution in [0.25, 0.3) is 98.8 Å². The third kappa shape index (κ3) is 11.3. The molecular weight excluding hydrogens is 1410 g/mol. The number of carbonyl (C=O) groups excluding carboxylic acids is 3. The predicted octanol–water partition coefficient (Wildman–Crippen LogP) is 13.4. The number of halogens is 6. The average molecular weight is 1480 g/mol. The Hall–Kier alpha value is -11.3. The first-order valence-corrected chi connectivity index (χ1v) is 36.2. The second-order valence-electron chi connectivity index (χ2n) is 28.1. The number of likely N-dealkylation sites (N-methyl/N-ethyl adjacent to an activating group) is 1. The van der Waals surface area contributed by atoms with Crippen LogP contribution in [-0.2, 0) is 14.4 Å². The molecule has 107 heavy (non-hydrogen) atoms. The van der Waals surface area contributed by atoms with Crippen LogP contribution in [0.3, 0.4) is 0 Å². The van der Waals surface area contributed by atoms with Gasteiger partial charge in [0.2, 0.25) is 23.7 Å². The van der Waals surface area contributed by atoms with Crippen LogP contribution < -0.4 is 19.6 Å². The molecule has 0 aliphatic carbocycles. The highest BCUT2D eigenvalue weighted by Crippen LogP contribution is 2.46. The van der Waals surface area contributed by atoms with E-state index >= 15 is 13.2 Å². The maximum Gasteiger partial charge on any atom is 0.246 e. The van der Waals surface area contributed by atoms with Crippen molar-refractivity contribution in [3.8, 4) is 33.8 Å². The molecule has 6 aromatic heterocycles. The van der Waals surface area contributed by atoms with Crippen LogP contribution in [0.2, 0.25) is 10.0 Å². The third-order valence-electron chi connectivity index (χ3n) is 22.5. The van der Waals surface area contributed by atoms with Gasteiger partial charge in [0, 0.05) is 114 Å². The van der Waals surface area contributed by atoms with Gasteiger partial charge in [0.25, 0.3) is 0 Å². The molecule has 7 fully saturated rings. The normalized spacial score (nSPS) is 19.9. The Morgan fingerprint density at radius 1 is 0.458 bits per heavy atom. The number of rotatable bonds is 11. The number of benzene rings is 6. The summed E-state index contributed by atoms with van der Waals surface area (Å²) in [4.78, 5) is 93.4. The second-order valence-corrected chi connectivity index (χ2v) is 28.9. The molecule has 0 unspecified atom stereocenters. The number of nitrogens with zero attached hydrogens (tertiary/aromatic N) is 17. The van der Waals surface area contributed by atoms with Crippen molar-refractivity contribution in [2.75, 3.05) is 86.1 Å². The molecule has 3 amide bonds. The van der Waals surface area contributed by atoms with Gasteiger partial charge in [-0.3, -0.25) is 29.3 Å². The van der Waals surface area contributed by atoms with E-state index in [1.807, 2.05) is 87.5 Å². The van der Waals surface area contributed by atoms with Gasteiger partial charge >= 0.3 is 0 Å². The molecule has 20 nitrogen and oxygen atoms in total. The molecule has 13 heterocycles. The van der Waals surface area contributed by atoms with E-state index in [-0.39, 0.29) is 93.4 Å². The van der Waals surface area contributed by atoms with Crippen molar-refractivity contribution in [3.63, 3.8) is 0 Å². The Balaban J connectivity index is 0.000000119. The summed E-state index contributed by atoms with van der Waals surface area (Å²) < 4.78 is 62.5. The Morgan fingerprint density at radius 2 is 0.841 bits per heavy atom. The number of aromatic nitrogens is 9. The largest absolute Gasteiger partial charge is 0.349 e. The van der Waals surface area contributed by atoms with Gasteiger partial charge < -0.3 is 39.2 Å². The van der Waals surface area contributed by atoms with E-state index in [0.29, 0.717) is 123 Å². The summed E-state index contributed by atoms with van der Waals surface area (Å²) >= 11 is 13.0. The van der Waals surface area contributed by atoms with Crippen LogP contribution in [0.4, 0.5) is 41.0 Å². The molecule has 538 valence electrons. The number of pyridine rings is 3. The van der Waals surface area contributed by atoms with Crippen LogP contribution >= 0.6 is 23.2 Å². The molecule has 12 aromatic rings. The van der Waals surface area contributed by atoms with Crippen molar-refractivity contribution in [1.29, 1.82) is 0 Å². The first kappa shape index (κ1) is 68.7. The zero-order valence-corrected chi connectivity index (χ0v) is 60.0. The molecule has 0 N–H and O–H groups in total. The fraction of sp³-hybridized carbons (Fsp3) is 0.259. The van der Waals surface area contributed by atoms with Crippen molar-refractivity contribution in [3.05, 3.63) is 211 Å². The number of amides is 3. The highest BCUT2D eigenvalue weighted by Gasteiger charge is 2.52. The number of aryl methyl sites for hydroxylation is 1. The lowest BCUT2D eigenvalue weighted by molar-refractivity contribution is -0.128. The van der Waals surface area contributed by atoms with Crippen molar-refractivity contribution in [2.24, 2.45) is 0 Å². The average Bonchev–Trinajstić information content (AvgIpc) is 1.72. The minimum atomic E-state index is -0.565. The van der Waals surface area contributed by atoms with E-state index in [2.05, 4.69) is 93.2 Å². The number of likely N-dealkylation sites (tertiary alicyclic amines) is 3. The molecule has 19 rings (SSSR count). The highest BCUT2D eigenvalue weighted by molar-refractivity contribution is 6.37. The standard InChI is InChI=1S/C30H29ClFN7O.C26H21F2N5O.C25H19ClFN5O/c1-4-24(40)38-12-11-22-23(38)16-39(22)29-20-13-33-27(19-9-5-7-17-8-6-10-21(31)25(17)19)26(32)28(20)34-30(35-29)37-14-18(15-37)36(2)3;1-3-21(34)32-10-9-19-20(32)12-33(19)26-17-11-29-24(23(28)25(17)30-13-31-26)16-6-4-5-15-7-8-18(27)14(2)22(15)16;1-2-20(33)31-10-9-18-19(31)12-32(18)25-16-11-28-23(22(27)24(16)29-13-30-25)15-7-3-5-14-6-4-8-17(26)21(14)15/h4-10,13,18,22-23H,1,11-12,14-16H2,2-3H3;3-8,11,13,19-20H,1,9-10,12H2,2H3;2-8,11,13,18-19H,1,9-10,12H2/t22-,23-;19-,20-;18-,19-/m111/s1. The first-order chi connectivity index (χ1) is 51.9. The smallest absolute Gasteiger partial charge is 0.246 e. The Morgan fingerprint density at radius 3 is 1.26 bits per heavy atom. The van der Waals surface area contributed by atoms with E-state index in [0.717, 1.165) is 59.3 Å². The lowest BCUT2D eigenvalue weighted by atomic mass is 9.95. The van der Waals surface area contributed by atoms with Gasteiger partial charge in [-0.2, -0.15) is 4.98 Å². The SMILES string of the molecule is C=CC(=O)N1CC[C@@H]2[C@H]1CN2c1nc(N2CC(N(C)C)C2)nc2c(F)c(-c3cccc4cccc(Cl)c34)ncc12.C=CC(=O)N1CC[C@@H]2[C@H]1CN2c1ncnc2c(F)c(-c3cccc4ccc(F)c(C)c34)ncc12.C=CC(=O)N1CC[C@@H]2[C@H]1CN2c1ncnc2c(F)c(-c3cccc4cccc(Cl)c34)ncc12. The molecular formula is C81H69Cl2F4N17O3. The lowest BCUT2D eigenvalue weighted by Gasteiger charge is -2.48. The first-order valence-electron chi connectivity index (χ1n) is 35.4. The van der Waals surface area contributed by atoms with Crippen LogP contribution in [0.1, 0.15) is 24.8 Å². The van der Waals surface area contributed by atoms with E-state index in [9.17, 15) is 18.8 Å². The van der Waals surface area contributed by atoms with Gasteiger partial charge in [-0.1, -0.05) is 128 Å². The zero-order valence-electron chi connectivity index (χ0n) is 58.5. The Bertz CT molecular complexity index is 5740. The summed E-state index contributed by atoms with van der Waals surface area (Å²) in [7, 11) is 4.11. The van der Waals surface area contributed by atoms with Gasteiger partial charge in [0.15, 0.2) is 17.5 Å². The summed E-state index contributed by atoms with van der Waals surface area (Å²) in [6, 6.07) is 32.1. The number of carbonyl (C=O) groups is 3. The summed E-state index contributed by atoms with van der Waals surface area (Å²) in [5, 5.41) is 7.49. The molecule has 26 heteroatoms. The number of hydrogen-bond acceptors (Lipinski definition) is 17. The second kappa shape index (κ2) is 27.2. The summed E-state index contributed by atoms with van der Waals surface area (Å²) in [5.74, 6) is 0.330.